The molecule has 1 N–H and O–H groups in total. The van der Waals surface area contributed by atoms with Gasteiger partial charge in [-0.05, 0) is 5.92 Å². The Morgan fingerprint density at radius 2 is 2.13 bits per heavy atom. The van der Waals surface area contributed by atoms with E-state index in [1.54, 1.807) is 10.9 Å². The van der Waals surface area contributed by atoms with Crippen LogP contribution in [0.5, 0.6) is 0 Å². The van der Waals surface area contributed by atoms with Crippen molar-refractivity contribution in [2.45, 2.75) is 26.4 Å². The summed E-state index contributed by atoms with van der Waals surface area (Å²) in [4.78, 5) is 16.9. The van der Waals surface area contributed by atoms with Gasteiger partial charge in [0.25, 0.3) is 5.91 Å². The first-order valence-corrected chi connectivity index (χ1v) is 8.46. The van der Waals surface area contributed by atoms with E-state index in [9.17, 15) is 4.79 Å². The Kier molecular flexibility index (Phi) is 5.07. The van der Waals surface area contributed by atoms with Crippen molar-refractivity contribution in [3.63, 3.8) is 0 Å². The fraction of sp³-hybridized carbons (Fsp3) is 0.688. The van der Waals surface area contributed by atoms with Crippen molar-refractivity contribution in [1.29, 1.82) is 0 Å². The Morgan fingerprint density at radius 1 is 1.35 bits per heavy atom. The highest BCUT2D eigenvalue weighted by atomic mass is 16.2. The van der Waals surface area contributed by atoms with Crippen LogP contribution in [0.15, 0.2) is 18.3 Å². The largest absolute Gasteiger partial charge is 0.327 e. The molecule has 7 heteroatoms. The van der Waals surface area contributed by atoms with Gasteiger partial charge >= 0.3 is 0 Å². The number of carbonyl (C=O) groups excluding carboxylic acids is 1. The second kappa shape index (κ2) is 7.23. The summed E-state index contributed by atoms with van der Waals surface area (Å²) in [6, 6.07) is 0.161. The topological polar surface area (TPSA) is 66.3 Å². The maximum Gasteiger partial charge on any atom is 0.276 e. The summed E-state index contributed by atoms with van der Waals surface area (Å²) in [6.45, 7) is 10.8. The van der Waals surface area contributed by atoms with Crippen molar-refractivity contribution < 1.29 is 4.79 Å². The van der Waals surface area contributed by atoms with E-state index >= 15 is 0 Å². The van der Waals surface area contributed by atoms with Gasteiger partial charge in [0, 0.05) is 39.3 Å². The molecule has 3 heterocycles. The molecule has 1 atom stereocenters. The van der Waals surface area contributed by atoms with Gasteiger partial charge in [0.2, 0.25) is 0 Å². The summed E-state index contributed by atoms with van der Waals surface area (Å²) in [5.74, 6) is 0.377. The van der Waals surface area contributed by atoms with Gasteiger partial charge in [-0.3, -0.25) is 14.4 Å². The number of amides is 1. The van der Waals surface area contributed by atoms with Crippen molar-refractivity contribution in [2.24, 2.45) is 5.92 Å². The lowest BCUT2D eigenvalue weighted by molar-refractivity contribution is 0.0714. The second-order valence-corrected chi connectivity index (χ2v) is 6.58. The molecule has 0 spiro atoms. The van der Waals surface area contributed by atoms with Crippen molar-refractivity contribution in [3.8, 4) is 0 Å². The van der Waals surface area contributed by atoms with E-state index in [0.29, 0.717) is 18.2 Å². The van der Waals surface area contributed by atoms with E-state index in [-0.39, 0.29) is 11.9 Å². The van der Waals surface area contributed by atoms with Crippen molar-refractivity contribution in [2.75, 3.05) is 39.3 Å². The molecule has 0 unspecified atom stereocenters. The first-order valence-electron chi connectivity index (χ1n) is 8.46. The van der Waals surface area contributed by atoms with Gasteiger partial charge in [0.1, 0.15) is 0 Å². The summed E-state index contributed by atoms with van der Waals surface area (Å²) < 4.78 is 1.78. The normalized spacial score (nSPS) is 22.2. The molecular formula is C16H26N6O. The molecule has 2 aliphatic rings. The number of nitrogens with zero attached hydrogens (tertiary/aromatic N) is 5. The third kappa shape index (κ3) is 3.79. The van der Waals surface area contributed by atoms with E-state index in [2.05, 4.69) is 46.5 Å². The Hall–Kier alpha value is -1.73. The molecule has 7 nitrogen and oxygen atoms in total. The minimum absolute atomic E-state index is 0.0258. The van der Waals surface area contributed by atoms with E-state index in [0.717, 1.165) is 39.3 Å². The SMILES string of the molecule is CC(C)[C@H]1C=CCN1C(=O)c1cn(CCN2CCNCC2)nn1. The Balaban J connectivity index is 1.57. The molecule has 1 amide bonds. The van der Waals surface area contributed by atoms with Gasteiger partial charge in [-0.2, -0.15) is 0 Å². The zero-order chi connectivity index (χ0) is 16.2. The molecule has 0 radical (unpaired) electrons. The van der Waals surface area contributed by atoms with Crippen LogP contribution in [-0.2, 0) is 6.54 Å². The molecule has 23 heavy (non-hydrogen) atoms. The average Bonchev–Trinajstić information content (AvgIpc) is 3.22. The highest BCUT2D eigenvalue weighted by molar-refractivity contribution is 5.92. The van der Waals surface area contributed by atoms with Gasteiger partial charge in [-0.15, -0.1) is 5.10 Å². The summed E-state index contributed by atoms with van der Waals surface area (Å²) in [7, 11) is 0. The van der Waals surface area contributed by atoms with E-state index in [1.807, 2.05) is 4.90 Å². The van der Waals surface area contributed by atoms with Crippen molar-refractivity contribution >= 4 is 5.91 Å². The summed E-state index contributed by atoms with van der Waals surface area (Å²) in [5, 5.41) is 11.5. The number of hydrogen-bond acceptors (Lipinski definition) is 5. The third-order valence-electron chi connectivity index (χ3n) is 4.55. The van der Waals surface area contributed by atoms with Crippen LogP contribution >= 0.6 is 0 Å². The monoisotopic (exact) mass is 318 g/mol. The lowest BCUT2D eigenvalue weighted by Crippen LogP contribution is -2.44. The van der Waals surface area contributed by atoms with Gasteiger partial charge in [-0.25, -0.2) is 0 Å². The number of carbonyl (C=O) groups is 1. The second-order valence-electron chi connectivity index (χ2n) is 6.58. The molecule has 126 valence electrons. The highest BCUT2D eigenvalue weighted by Gasteiger charge is 2.29. The molecule has 1 aromatic rings. The minimum atomic E-state index is -0.0258. The highest BCUT2D eigenvalue weighted by Crippen LogP contribution is 2.19. The van der Waals surface area contributed by atoms with Crippen molar-refractivity contribution in [1.82, 2.24) is 30.1 Å². The zero-order valence-corrected chi connectivity index (χ0v) is 14.0. The number of aromatic nitrogens is 3. The molecule has 0 aliphatic carbocycles. The molecule has 2 aliphatic heterocycles. The quantitative estimate of drug-likeness (QED) is 0.787. The third-order valence-corrected chi connectivity index (χ3v) is 4.55. The predicted molar refractivity (Wildman–Crippen MR) is 88.1 cm³/mol. The van der Waals surface area contributed by atoms with Crippen LogP contribution in [-0.4, -0.2) is 76.0 Å². The average molecular weight is 318 g/mol. The number of piperazine rings is 1. The summed E-state index contributed by atoms with van der Waals surface area (Å²) in [6.07, 6.45) is 5.94. The number of hydrogen-bond donors (Lipinski definition) is 1. The molecule has 3 rings (SSSR count). The lowest BCUT2D eigenvalue weighted by atomic mass is 10.0. The smallest absolute Gasteiger partial charge is 0.276 e. The van der Waals surface area contributed by atoms with E-state index < -0.39 is 0 Å². The molecule has 0 saturated carbocycles. The predicted octanol–water partition coefficient (Wildman–Crippen LogP) is 0.220. The molecule has 1 aromatic heterocycles. The molecular weight excluding hydrogens is 292 g/mol. The fourth-order valence-electron chi connectivity index (χ4n) is 3.17. The van der Waals surface area contributed by atoms with Gasteiger partial charge < -0.3 is 10.2 Å². The van der Waals surface area contributed by atoms with Gasteiger partial charge in [0.15, 0.2) is 5.69 Å². The maximum atomic E-state index is 12.6. The molecule has 0 aromatic carbocycles. The lowest BCUT2D eigenvalue weighted by Gasteiger charge is -2.27. The molecule has 0 bridgehead atoms. The van der Waals surface area contributed by atoms with E-state index in [1.165, 1.54) is 0 Å². The van der Waals surface area contributed by atoms with Crippen LogP contribution in [0, 0.1) is 5.92 Å². The number of nitrogens with one attached hydrogen (secondary N) is 1. The maximum absolute atomic E-state index is 12.6. The minimum Gasteiger partial charge on any atom is -0.327 e. The zero-order valence-electron chi connectivity index (χ0n) is 14.0. The Morgan fingerprint density at radius 3 is 2.87 bits per heavy atom. The molecule has 1 fully saturated rings. The standard InChI is InChI=1S/C16H26N6O/c1-13(2)15-4-3-7-22(15)16(23)14-12-21(19-18-14)11-10-20-8-5-17-6-9-20/h3-4,12-13,15,17H,5-11H2,1-2H3/t15-/m1/s1. The van der Waals surface area contributed by atoms with Crippen LogP contribution in [0.3, 0.4) is 0 Å². The van der Waals surface area contributed by atoms with Crippen LogP contribution in [0.25, 0.3) is 0 Å². The van der Waals surface area contributed by atoms with Crippen LogP contribution in [0.2, 0.25) is 0 Å². The van der Waals surface area contributed by atoms with Crippen molar-refractivity contribution in [3.05, 3.63) is 24.0 Å². The number of rotatable bonds is 5. The van der Waals surface area contributed by atoms with E-state index in [4.69, 9.17) is 0 Å². The summed E-state index contributed by atoms with van der Waals surface area (Å²) in [5.41, 5.74) is 0.444. The Labute approximate surface area is 137 Å². The van der Waals surface area contributed by atoms with Crippen LogP contribution in [0.4, 0.5) is 0 Å². The van der Waals surface area contributed by atoms with Gasteiger partial charge in [0.05, 0.1) is 18.8 Å². The first-order chi connectivity index (χ1) is 11.1. The van der Waals surface area contributed by atoms with Crippen LogP contribution < -0.4 is 5.32 Å². The molecule has 1 saturated heterocycles. The Bertz CT molecular complexity index is 561. The van der Waals surface area contributed by atoms with Crippen LogP contribution in [0.1, 0.15) is 24.3 Å². The fourth-order valence-corrected chi connectivity index (χ4v) is 3.17. The first kappa shape index (κ1) is 16.1. The summed E-state index contributed by atoms with van der Waals surface area (Å²) >= 11 is 0. The van der Waals surface area contributed by atoms with Gasteiger partial charge in [-0.1, -0.05) is 31.2 Å².